The second-order valence-corrected chi connectivity index (χ2v) is 6.19. The third kappa shape index (κ3) is 3.46. The van der Waals surface area contributed by atoms with Crippen molar-refractivity contribution >= 4 is 33.3 Å². The number of rotatable bonds is 4. The van der Waals surface area contributed by atoms with Crippen molar-refractivity contribution in [3.05, 3.63) is 52.8 Å². The minimum absolute atomic E-state index is 0.252. The van der Waals surface area contributed by atoms with Crippen molar-refractivity contribution in [2.75, 3.05) is 12.4 Å². The molecule has 24 heavy (non-hydrogen) atoms. The fourth-order valence-electron chi connectivity index (χ4n) is 2.19. The Bertz CT molecular complexity index is 895. The molecule has 124 valence electrons. The van der Waals surface area contributed by atoms with E-state index in [1.165, 1.54) is 24.5 Å². The Morgan fingerprint density at radius 1 is 1.33 bits per heavy atom. The molecular weight excluding hydrogens is 331 g/mol. The molecule has 5 nitrogen and oxygen atoms in total. The molecule has 1 aromatic heterocycles. The number of benzene rings is 2. The summed E-state index contributed by atoms with van der Waals surface area (Å²) in [6.07, 6.45) is -0.525. The van der Waals surface area contributed by atoms with E-state index in [2.05, 4.69) is 15.0 Å². The van der Waals surface area contributed by atoms with Crippen molar-refractivity contribution in [2.45, 2.75) is 13.5 Å². The number of fused-ring (bicyclic) bond motifs is 1. The number of anilines is 1. The number of carbonyl (C=O) groups is 1. The first-order chi connectivity index (χ1) is 11.6. The Kier molecular flexibility index (Phi) is 4.61. The predicted octanol–water partition coefficient (Wildman–Crippen LogP) is 4.50. The van der Waals surface area contributed by atoms with Gasteiger partial charge in [0.15, 0.2) is 0 Å². The van der Waals surface area contributed by atoms with Crippen LogP contribution >= 0.6 is 11.3 Å². The molecule has 0 aliphatic heterocycles. The number of para-hydroxylation sites is 1. The topological polar surface area (TPSA) is 60.5 Å². The summed E-state index contributed by atoms with van der Waals surface area (Å²) >= 11 is 1.40. The van der Waals surface area contributed by atoms with E-state index in [9.17, 15) is 9.18 Å². The number of halogens is 1. The molecule has 1 heterocycles. The summed E-state index contributed by atoms with van der Waals surface area (Å²) < 4.78 is 24.7. The third-order valence-corrected chi connectivity index (χ3v) is 4.39. The minimum Gasteiger partial charge on any atom is -0.486 e. The minimum atomic E-state index is -0.525. The first-order valence-corrected chi connectivity index (χ1v) is 8.01. The highest BCUT2D eigenvalue weighted by atomic mass is 32.1. The van der Waals surface area contributed by atoms with Crippen molar-refractivity contribution < 1.29 is 18.7 Å². The van der Waals surface area contributed by atoms with E-state index in [0.29, 0.717) is 22.0 Å². The SMILES string of the molecule is COC(=O)Nc1ccc(OCc2nc3c(F)cccc3s2)cc1C. The summed E-state index contributed by atoms with van der Waals surface area (Å²) in [5.41, 5.74) is 1.86. The number of hydrogen-bond donors (Lipinski definition) is 1. The summed E-state index contributed by atoms with van der Waals surface area (Å²) in [7, 11) is 1.31. The number of aryl methyl sites for hydroxylation is 1. The summed E-state index contributed by atoms with van der Waals surface area (Å²) in [6.45, 7) is 2.10. The fourth-order valence-corrected chi connectivity index (χ4v) is 3.09. The monoisotopic (exact) mass is 346 g/mol. The number of ether oxygens (including phenoxy) is 2. The van der Waals surface area contributed by atoms with Crippen LogP contribution in [0.15, 0.2) is 36.4 Å². The highest BCUT2D eigenvalue weighted by Crippen LogP contribution is 2.26. The van der Waals surface area contributed by atoms with Crippen molar-refractivity contribution in [3.63, 3.8) is 0 Å². The molecule has 1 amide bonds. The molecule has 0 bridgehead atoms. The second kappa shape index (κ2) is 6.84. The Morgan fingerprint density at radius 3 is 2.88 bits per heavy atom. The zero-order chi connectivity index (χ0) is 17.1. The summed E-state index contributed by atoms with van der Waals surface area (Å²) in [5, 5.41) is 3.31. The van der Waals surface area contributed by atoms with E-state index < -0.39 is 6.09 Å². The van der Waals surface area contributed by atoms with Crippen molar-refractivity contribution in [2.24, 2.45) is 0 Å². The van der Waals surface area contributed by atoms with E-state index in [-0.39, 0.29) is 12.4 Å². The van der Waals surface area contributed by atoms with Crippen LogP contribution in [0.25, 0.3) is 10.2 Å². The van der Waals surface area contributed by atoms with Crippen LogP contribution in [-0.2, 0) is 11.3 Å². The van der Waals surface area contributed by atoms with Gasteiger partial charge in [-0.05, 0) is 42.8 Å². The highest BCUT2D eigenvalue weighted by Gasteiger charge is 2.09. The Hall–Kier alpha value is -2.67. The average Bonchev–Trinajstić information content (AvgIpc) is 2.99. The van der Waals surface area contributed by atoms with Gasteiger partial charge in [0.1, 0.15) is 28.7 Å². The van der Waals surface area contributed by atoms with E-state index in [0.717, 1.165) is 10.3 Å². The maximum atomic E-state index is 13.7. The van der Waals surface area contributed by atoms with Gasteiger partial charge in [-0.25, -0.2) is 14.2 Å². The average molecular weight is 346 g/mol. The molecule has 0 spiro atoms. The molecule has 0 atom stereocenters. The molecule has 0 aliphatic carbocycles. The lowest BCUT2D eigenvalue weighted by atomic mass is 10.2. The molecule has 7 heteroatoms. The van der Waals surface area contributed by atoms with Crippen LogP contribution in [0.2, 0.25) is 0 Å². The van der Waals surface area contributed by atoms with Gasteiger partial charge in [0.05, 0.1) is 11.8 Å². The largest absolute Gasteiger partial charge is 0.486 e. The van der Waals surface area contributed by atoms with Gasteiger partial charge in [0.25, 0.3) is 0 Å². The second-order valence-electron chi connectivity index (χ2n) is 5.08. The van der Waals surface area contributed by atoms with Crippen LogP contribution in [0.1, 0.15) is 10.6 Å². The third-order valence-electron chi connectivity index (χ3n) is 3.40. The van der Waals surface area contributed by atoms with Gasteiger partial charge in [-0.15, -0.1) is 11.3 Å². The number of nitrogens with one attached hydrogen (secondary N) is 1. The van der Waals surface area contributed by atoms with Gasteiger partial charge in [0, 0.05) is 5.69 Å². The zero-order valence-corrected chi connectivity index (χ0v) is 13.9. The summed E-state index contributed by atoms with van der Waals surface area (Å²) in [6, 6.07) is 10.2. The van der Waals surface area contributed by atoms with Crippen LogP contribution in [0.3, 0.4) is 0 Å². The molecule has 0 radical (unpaired) electrons. The Balaban J connectivity index is 1.70. The Morgan fingerprint density at radius 2 is 2.17 bits per heavy atom. The van der Waals surface area contributed by atoms with Crippen LogP contribution in [-0.4, -0.2) is 18.2 Å². The molecule has 0 unspecified atom stereocenters. The Labute approximate surface area is 142 Å². The molecule has 0 saturated carbocycles. The molecule has 0 fully saturated rings. The highest BCUT2D eigenvalue weighted by molar-refractivity contribution is 7.18. The van der Waals surface area contributed by atoms with Gasteiger partial charge in [0.2, 0.25) is 0 Å². The van der Waals surface area contributed by atoms with E-state index in [1.54, 1.807) is 24.3 Å². The normalized spacial score (nSPS) is 10.6. The first-order valence-electron chi connectivity index (χ1n) is 7.19. The lowest BCUT2D eigenvalue weighted by molar-refractivity contribution is 0.187. The molecule has 3 rings (SSSR count). The molecule has 0 saturated heterocycles. The zero-order valence-electron chi connectivity index (χ0n) is 13.1. The van der Waals surface area contributed by atoms with Crippen LogP contribution in [0.5, 0.6) is 5.75 Å². The van der Waals surface area contributed by atoms with Crippen molar-refractivity contribution in [1.82, 2.24) is 4.98 Å². The van der Waals surface area contributed by atoms with Crippen LogP contribution in [0, 0.1) is 12.7 Å². The summed E-state index contributed by atoms with van der Waals surface area (Å²) in [4.78, 5) is 15.5. The molecule has 0 aliphatic rings. The standard InChI is InChI=1S/C17H15FN2O3S/c1-10-8-11(6-7-13(10)19-17(21)22-2)23-9-15-20-16-12(18)4-3-5-14(16)24-15/h3-8H,9H2,1-2H3,(H,19,21). The van der Waals surface area contributed by atoms with Crippen LogP contribution in [0.4, 0.5) is 14.9 Å². The first kappa shape index (κ1) is 16.2. The number of aromatic nitrogens is 1. The van der Waals surface area contributed by atoms with Crippen molar-refractivity contribution in [1.29, 1.82) is 0 Å². The van der Waals surface area contributed by atoms with Gasteiger partial charge in [-0.3, -0.25) is 5.32 Å². The summed E-state index contributed by atoms with van der Waals surface area (Å²) in [5.74, 6) is 0.312. The molecule has 3 aromatic rings. The van der Waals surface area contributed by atoms with Gasteiger partial charge in [-0.1, -0.05) is 6.07 Å². The van der Waals surface area contributed by atoms with E-state index in [4.69, 9.17) is 4.74 Å². The molecule has 1 N–H and O–H groups in total. The maximum Gasteiger partial charge on any atom is 0.411 e. The lowest BCUT2D eigenvalue weighted by Gasteiger charge is -2.10. The number of thiazole rings is 1. The number of methoxy groups -OCH3 is 1. The van der Waals surface area contributed by atoms with E-state index >= 15 is 0 Å². The molecule has 2 aromatic carbocycles. The maximum absolute atomic E-state index is 13.7. The number of hydrogen-bond acceptors (Lipinski definition) is 5. The van der Waals surface area contributed by atoms with Gasteiger partial charge in [-0.2, -0.15) is 0 Å². The fraction of sp³-hybridized carbons (Fsp3) is 0.176. The molecular formula is C17H15FN2O3S. The number of amides is 1. The number of nitrogens with zero attached hydrogens (tertiary/aromatic N) is 1. The van der Waals surface area contributed by atoms with Crippen molar-refractivity contribution in [3.8, 4) is 5.75 Å². The van der Waals surface area contributed by atoms with E-state index in [1.807, 2.05) is 13.0 Å². The van der Waals surface area contributed by atoms with Gasteiger partial charge >= 0.3 is 6.09 Å². The predicted molar refractivity (Wildman–Crippen MR) is 91.1 cm³/mol. The quantitative estimate of drug-likeness (QED) is 0.755. The number of carbonyl (C=O) groups excluding carboxylic acids is 1. The van der Waals surface area contributed by atoms with Gasteiger partial charge < -0.3 is 9.47 Å². The van der Waals surface area contributed by atoms with Crippen LogP contribution < -0.4 is 10.1 Å². The lowest BCUT2D eigenvalue weighted by Crippen LogP contribution is -2.11. The smallest absolute Gasteiger partial charge is 0.411 e.